The van der Waals surface area contributed by atoms with Gasteiger partial charge in [-0.15, -0.1) is 0 Å². The second kappa shape index (κ2) is 5.32. The zero-order valence-electron chi connectivity index (χ0n) is 10.0. The molecule has 0 aromatic heterocycles. The van der Waals surface area contributed by atoms with Gasteiger partial charge in [0.05, 0.1) is 0 Å². The molecule has 0 bridgehead atoms. The molecule has 0 amide bonds. The molecule has 3 heteroatoms. The molecule has 3 nitrogen and oxygen atoms in total. The highest BCUT2D eigenvalue weighted by Crippen LogP contribution is 2.21. The molecule has 1 aromatic rings. The van der Waals surface area contributed by atoms with Gasteiger partial charge in [-0.3, -0.25) is 0 Å². The largest absolute Gasteiger partial charge is 0.492 e. The summed E-state index contributed by atoms with van der Waals surface area (Å²) in [5.41, 5.74) is 2.77. The first-order valence-corrected chi connectivity index (χ1v) is 5.94. The van der Waals surface area contributed by atoms with E-state index in [4.69, 9.17) is 4.74 Å². The third kappa shape index (κ3) is 2.97. The molecule has 0 saturated heterocycles. The second-order valence-electron chi connectivity index (χ2n) is 4.49. The van der Waals surface area contributed by atoms with Gasteiger partial charge in [0.15, 0.2) is 0 Å². The highest BCUT2D eigenvalue weighted by molar-refractivity contribution is 5.37. The first-order valence-electron chi connectivity index (χ1n) is 5.94. The lowest BCUT2D eigenvalue weighted by Gasteiger charge is -2.10. The van der Waals surface area contributed by atoms with E-state index in [0.29, 0.717) is 6.04 Å². The number of hydrogen-bond acceptors (Lipinski definition) is 3. The van der Waals surface area contributed by atoms with Crippen molar-refractivity contribution in [3.05, 3.63) is 29.3 Å². The van der Waals surface area contributed by atoms with Crippen molar-refractivity contribution < 1.29 is 4.74 Å². The molecular formula is C13H20N2O. The van der Waals surface area contributed by atoms with Crippen molar-refractivity contribution in [1.29, 1.82) is 0 Å². The summed E-state index contributed by atoms with van der Waals surface area (Å²) in [5, 5.41) is 6.66. The molecule has 0 unspecified atom stereocenters. The predicted octanol–water partition coefficient (Wildman–Crippen LogP) is 1.67. The van der Waals surface area contributed by atoms with Crippen LogP contribution >= 0.6 is 0 Å². The number of hydrogen-bond donors (Lipinski definition) is 2. The van der Waals surface area contributed by atoms with E-state index in [2.05, 4.69) is 42.7 Å². The van der Waals surface area contributed by atoms with E-state index in [1.54, 1.807) is 0 Å². The maximum atomic E-state index is 5.69. The van der Waals surface area contributed by atoms with E-state index in [9.17, 15) is 0 Å². The summed E-state index contributed by atoms with van der Waals surface area (Å²) in [4.78, 5) is 0. The monoisotopic (exact) mass is 220 g/mol. The molecule has 0 radical (unpaired) electrons. The second-order valence-corrected chi connectivity index (χ2v) is 4.49. The van der Waals surface area contributed by atoms with Crippen LogP contribution in [0.3, 0.4) is 0 Å². The van der Waals surface area contributed by atoms with Gasteiger partial charge in [0.25, 0.3) is 0 Å². The Morgan fingerprint density at radius 1 is 1.31 bits per heavy atom. The Hall–Kier alpha value is -1.06. The number of benzene rings is 1. The van der Waals surface area contributed by atoms with Crippen molar-refractivity contribution in [2.24, 2.45) is 0 Å². The van der Waals surface area contributed by atoms with Gasteiger partial charge >= 0.3 is 0 Å². The van der Waals surface area contributed by atoms with Crippen molar-refractivity contribution in [3.8, 4) is 5.75 Å². The summed E-state index contributed by atoms with van der Waals surface area (Å²) >= 11 is 0. The molecule has 0 fully saturated rings. The Morgan fingerprint density at radius 2 is 2.12 bits per heavy atom. The van der Waals surface area contributed by atoms with E-state index >= 15 is 0 Å². The van der Waals surface area contributed by atoms with Crippen LogP contribution in [0.1, 0.15) is 25.0 Å². The minimum atomic E-state index is 0.521. The third-order valence-corrected chi connectivity index (χ3v) is 2.73. The normalized spacial score (nSPS) is 14.2. The van der Waals surface area contributed by atoms with E-state index in [1.165, 1.54) is 11.1 Å². The standard InChI is InChI=1S/C13H20N2O/c1-10(2)15-5-6-16-13-4-3-11-8-14-9-12(11)7-13/h3-4,7,10,14-15H,5-6,8-9H2,1-2H3. The molecule has 16 heavy (non-hydrogen) atoms. The topological polar surface area (TPSA) is 33.3 Å². The van der Waals surface area contributed by atoms with Crippen LogP contribution < -0.4 is 15.4 Å². The van der Waals surface area contributed by atoms with Crippen LogP contribution in [0.5, 0.6) is 5.75 Å². The van der Waals surface area contributed by atoms with Crippen LogP contribution in [-0.4, -0.2) is 19.2 Å². The van der Waals surface area contributed by atoms with Gasteiger partial charge in [-0.05, 0) is 23.3 Å². The number of fused-ring (bicyclic) bond motifs is 1. The van der Waals surface area contributed by atoms with Crippen LogP contribution in [0.15, 0.2) is 18.2 Å². The van der Waals surface area contributed by atoms with Crippen LogP contribution in [0, 0.1) is 0 Å². The van der Waals surface area contributed by atoms with Crippen molar-refractivity contribution in [2.45, 2.75) is 33.0 Å². The molecule has 2 N–H and O–H groups in total. The van der Waals surface area contributed by atoms with E-state index in [1.807, 2.05) is 0 Å². The minimum Gasteiger partial charge on any atom is -0.492 e. The third-order valence-electron chi connectivity index (χ3n) is 2.73. The molecule has 0 saturated carbocycles. The molecule has 88 valence electrons. The molecule has 0 atom stereocenters. The van der Waals surface area contributed by atoms with Crippen LogP contribution in [-0.2, 0) is 13.1 Å². The van der Waals surface area contributed by atoms with E-state index in [0.717, 1.165) is 32.0 Å². The van der Waals surface area contributed by atoms with Gasteiger partial charge in [0.2, 0.25) is 0 Å². The van der Waals surface area contributed by atoms with Gasteiger partial charge in [0.1, 0.15) is 12.4 Å². The molecular weight excluding hydrogens is 200 g/mol. The van der Waals surface area contributed by atoms with Crippen molar-refractivity contribution in [1.82, 2.24) is 10.6 Å². The fourth-order valence-corrected chi connectivity index (χ4v) is 1.88. The van der Waals surface area contributed by atoms with E-state index < -0.39 is 0 Å². The Morgan fingerprint density at radius 3 is 2.94 bits per heavy atom. The SMILES string of the molecule is CC(C)NCCOc1ccc2c(c1)CNC2. The average Bonchev–Trinajstić information content (AvgIpc) is 2.71. The maximum Gasteiger partial charge on any atom is 0.119 e. The smallest absolute Gasteiger partial charge is 0.119 e. The Bertz CT molecular complexity index is 350. The molecule has 1 aromatic carbocycles. The minimum absolute atomic E-state index is 0.521. The van der Waals surface area contributed by atoms with Crippen LogP contribution in [0.4, 0.5) is 0 Å². The zero-order valence-corrected chi connectivity index (χ0v) is 10.0. The van der Waals surface area contributed by atoms with Crippen molar-refractivity contribution >= 4 is 0 Å². The summed E-state index contributed by atoms with van der Waals surface area (Å²) in [6.45, 7) is 7.86. The highest BCUT2D eigenvalue weighted by Gasteiger charge is 2.10. The van der Waals surface area contributed by atoms with Crippen molar-refractivity contribution in [2.75, 3.05) is 13.2 Å². The lowest BCUT2D eigenvalue weighted by Crippen LogP contribution is -2.27. The van der Waals surface area contributed by atoms with E-state index in [-0.39, 0.29) is 0 Å². The molecule has 1 aliphatic heterocycles. The van der Waals surface area contributed by atoms with Crippen molar-refractivity contribution in [3.63, 3.8) is 0 Å². The molecule has 1 heterocycles. The fourth-order valence-electron chi connectivity index (χ4n) is 1.88. The first kappa shape index (κ1) is 11.4. The fraction of sp³-hybridized carbons (Fsp3) is 0.538. The summed E-state index contributed by atoms with van der Waals surface area (Å²) in [6, 6.07) is 6.87. The van der Waals surface area contributed by atoms with Gasteiger partial charge in [-0.1, -0.05) is 19.9 Å². The van der Waals surface area contributed by atoms with Gasteiger partial charge in [-0.2, -0.15) is 0 Å². The summed E-state index contributed by atoms with van der Waals surface area (Å²) in [5.74, 6) is 0.980. The quantitative estimate of drug-likeness (QED) is 0.741. The first-order chi connectivity index (χ1) is 7.75. The lowest BCUT2D eigenvalue weighted by atomic mass is 10.1. The summed E-state index contributed by atoms with van der Waals surface area (Å²) < 4.78 is 5.69. The number of rotatable bonds is 5. The van der Waals surface area contributed by atoms with Gasteiger partial charge < -0.3 is 15.4 Å². The predicted molar refractivity (Wildman–Crippen MR) is 65.6 cm³/mol. The van der Waals surface area contributed by atoms with Crippen LogP contribution in [0.2, 0.25) is 0 Å². The average molecular weight is 220 g/mol. The number of nitrogens with one attached hydrogen (secondary N) is 2. The molecule has 0 aliphatic carbocycles. The Labute approximate surface area is 97.2 Å². The molecule has 2 rings (SSSR count). The number of ether oxygens (including phenoxy) is 1. The summed E-state index contributed by atoms with van der Waals surface area (Å²) in [6.07, 6.45) is 0. The van der Waals surface area contributed by atoms with Gasteiger partial charge in [-0.25, -0.2) is 0 Å². The summed E-state index contributed by atoms with van der Waals surface area (Å²) in [7, 11) is 0. The lowest BCUT2D eigenvalue weighted by molar-refractivity contribution is 0.308. The molecule has 0 spiro atoms. The Balaban J connectivity index is 1.81. The van der Waals surface area contributed by atoms with Crippen LogP contribution in [0.25, 0.3) is 0 Å². The highest BCUT2D eigenvalue weighted by atomic mass is 16.5. The maximum absolute atomic E-state index is 5.69. The molecule has 1 aliphatic rings. The zero-order chi connectivity index (χ0) is 11.4. The van der Waals surface area contributed by atoms with Gasteiger partial charge in [0, 0.05) is 25.7 Å². The Kier molecular flexibility index (Phi) is 3.80.